The van der Waals surface area contributed by atoms with Gasteiger partial charge in [0.05, 0.1) is 23.7 Å². The number of nitrogens with zero attached hydrogens (tertiary/aromatic N) is 4. The monoisotopic (exact) mass is 256 g/mol. The molecule has 0 aliphatic rings. The first-order valence-corrected chi connectivity index (χ1v) is 5.88. The number of para-hydroxylation sites is 1. The Labute approximate surface area is 108 Å². The van der Waals surface area contributed by atoms with E-state index in [0.717, 1.165) is 18.6 Å². The maximum Gasteiger partial charge on any atom is 0.337 e. The first-order valence-electron chi connectivity index (χ1n) is 5.88. The second-order valence-electron chi connectivity index (χ2n) is 4.22. The zero-order chi connectivity index (χ0) is 13.2. The quantitative estimate of drug-likeness (QED) is 0.770. The molecule has 0 amide bonds. The van der Waals surface area contributed by atoms with Crippen molar-refractivity contribution in [2.45, 2.75) is 13.1 Å². The van der Waals surface area contributed by atoms with Gasteiger partial charge in [-0.1, -0.05) is 6.07 Å². The van der Waals surface area contributed by atoms with Gasteiger partial charge in [0.15, 0.2) is 0 Å². The van der Waals surface area contributed by atoms with Gasteiger partial charge in [0, 0.05) is 25.5 Å². The van der Waals surface area contributed by atoms with E-state index in [1.165, 1.54) is 0 Å². The maximum absolute atomic E-state index is 11.1. The highest BCUT2D eigenvalue weighted by Gasteiger charge is 2.11. The number of imidazole rings is 2. The van der Waals surface area contributed by atoms with E-state index in [1.807, 2.05) is 21.4 Å². The van der Waals surface area contributed by atoms with Gasteiger partial charge in [-0.15, -0.1) is 0 Å². The molecule has 0 unspecified atom stereocenters. The highest BCUT2D eigenvalue weighted by Crippen LogP contribution is 2.17. The highest BCUT2D eigenvalue weighted by atomic mass is 16.4. The van der Waals surface area contributed by atoms with Gasteiger partial charge in [0.1, 0.15) is 5.52 Å². The van der Waals surface area contributed by atoms with E-state index >= 15 is 0 Å². The van der Waals surface area contributed by atoms with Crippen molar-refractivity contribution in [2.75, 3.05) is 0 Å². The molecule has 0 radical (unpaired) electrons. The third-order valence-corrected chi connectivity index (χ3v) is 3.04. The van der Waals surface area contributed by atoms with E-state index in [4.69, 9.17) is 5.11 Å². The molecule has 2 heterocycles. The van der Waals surface area contributed by atoms with E-state index in [9.17, 15) is 4.79 Å². The molecule has 0 aliphatic carbocycles. The van der Waals surface area contributed by atoms with Crippen LogP contribution in [0.1, 0.15) is 10.4 Å². The standard InChI is InChI=1S/C13H12N4O2/c18-13(19)10-2-1-3-11-12(10)15-9-17(11)7-6-16-5-4-14-8-16/h1-5,8-9H,6-7H2,(H,18,19). The minimum atomic E-state index is -0.953. The van der Waals surface area contributed by atoms with Crippen LogP contribution >= 0.6 is 0 Å². The number of carboxylic acid groups (broad SMARTS) is 1. The summed E-state index contributed by atoms with van der Waals surface area (Å²) in [6.45, 7) is 1.48. The number of aromatic nitrogens is 4. The molecule has 2 aromatic heterocycles. The smallest absolute Gasteiger partial charge is 0.337 e. The van der Waals surface area contributed by atoms with Crippen LogP contribution in [-0.2, 0) is 13.1 Å². The number of aromatic carboxylic acids is 1. The minimum Gasteiger partial charge on any atom is -0.478 e. The summed E-state index contributed by atoms with van der Waals surface area (Å²) in [6, 6.07) is 5.18. The molecule has 0 spiro atoms. The van der Waals surface area contributed by atoms with Crippen molar-refractivity contribution < 1.29 is 9.90 Å². The summed E-state index contributed by atoms with van der Waals surface area (Å²) in [5.41, 5.74) is 1.60. The molecule has 1 N–H and O–H groups in total. The van der Waals surface area contributed by atoms with Crippen LogP contribution in [0.5, 0.6) is 0 Å². The van der Waals surface area contributed by atoms with E-state index in [1.54, 1.807) is 31.0 Å². The Hall–Kier alpha value is -2.63. The fraction of sp³-hybridized carbons (Fsp3) is 0.154. The van der Waals surface area contributed by atoms with Crippen molar-refractivity contribution in [3.63, 3.8) is 0 Å². The lowest BCUT2D eigenvalue weighted by atomic mass is 10.2. The number of aryl methyl sites for hydroxylation is 2. The van der Waals surface area contributed by atoms with Gasteiger partial charge in [-0.25, -0.2) is 14.8 Å². The minimum absolute atomic E-state index is 0.235. The van der Waals surface area contributed by atoms with Gasteiger partial charge < -0.3 is 14.2 Å². The summed E-state index contributed by atoms with van der Waals surface area (Å²) in [4.78, 5) is 19.3. The van der Waals surface area contributed by atoms with Crippen LogP contribution in [0, 0.1) is 0 Å². The van der Waals surface area contributed by atoms with Gasteiger partial charge >= 0.3 is 5.97 Å². The normalized spacial score (nSPS) is 10.9. The lowest BCUT2D eigenvalue weighted by Gasteiger charge is -2.05. The average molecular weight is 256 g/mol. The van der Waals surface area contributed by atoms with Crippen LogP contribution in [-0.4, -0.2) is 30.2 Å². The van der Waals surface area contributed by atoms with E-state index < -0.39 is 5.97 Å². The van der Waals surface area contributed by atoms with E-state index in [0.29, 0.717) is 5.52 Å². The van der Waals surface area contributed by atoms with E-state index in [-0.39, 0.29) is 5.56 Å². The first kappa shape index (κ1) is 11.5. The Balaban J connectivity index is 1.92. The molecule has 0 aliphatic heterocycles. The summed E-state index contributed by atoms with van der Waals surface area (Å²) in [6.07, 6.45) is 7.05. The fourth-order valence-corrected chi connectivity index (χ4v) is 2.08. The van der Waals surface area contributed by atoms with Crippen molar-refractivity contribution in [2.24, 2.45) is 0 Å². The molecule has 0 saturated carbocycles. The molecule has 1 aromatic carbocycles. The second-order valence-corrected chi connectivity index (χ2v) is 4.22. The van der Waals surface area contributed by atoms with Crippen molar-refractivity contribution in [1.82, 2.24) is 19.1 Å². The maximum atomic E-state index is 11.1. The molecule has 6 nitrogen and oxygen atoms in total. The summed E-state index contributed by atoms with van der Waals surface area (Å²) < 4.78 is 3.91. The van der Waals surface area contributed by atoms with Gasteiger partial charge in [-0.3, -0.25) is 0 Å². The van der Waals surface area contributed by atoms with Gasteiger partial charge in [-0.2, -0.15) is 0 Å². The van der Waals surface area contributed by atoms with Crippen LogP contribution < -0.4 is 0 Å². The third kappa shape index (κ3) is 2.08. The molecular weight excluding hydrogens is 244 g/mol. The summed E-state index contributed by atoms with van der Waals surface area (Å²) in [5, 5.41) is 9.11. The van der Waals surface area contributed by atoms with Crippen LogP contribution in [0.2, 0.25) is 0 Å². The Bertz CT molecular complexity index is 715. The SMILES string of the molecule is O=C(O)c1cccc2c1ncn2CCn1ccnc1. The van der Waals surface area contributed by atoms with Crippen molar-refractivity contribution >= 4 is 17.0 Å². The van der Waals surface area contributed by atoms with Crippen molar-refractivity contribution in [3.05, 3.63) is 48.8 Å². The molecule has 3 rings (SSSR count). The topological polar surface area (TPSA) is 72.9 Å². The molecule has 0 saturated heterocycles. The van der Waals surface area contributed by atoms with Crippen LogP contribution in [0.3, 0.4) is 0 Å². The summed E-state index contributed by atoms with van der Waals surface area (Å²) >= 11 is 0. The number of carboxylic acids is 1. The largest absolute Gasteiger partial charge is 0.478 e. The zero-order valence-corrected chi connectivity index (χ0v) is 10.1. The fourth-order valence-electron chi connectivity index (χ4n) is 2.08. The predicted molar refractivity (Wildman–Crippen MR) is 68.9 cm³/mol. The average Bonchev–Trinajstić information content (AvgIpc) is 3.05. The number of fused-ring (bicyclic) bond motifs is 1. The summed E-state index contributed by atoms with van der Waals surface area (Å²) in [5.74, 6) is -0.953. The number of benzene rings is 1. The number of hydrogen-bond donors (Lipinski definition) is 1. The number of hydrogen-bond acceptors (Lipinski definition) is 3. The number of carbonyl (C=O) groups is 1. The summed E-state index contributed by atoms with van der Waals surface area (Å²) in [7, 11) is 0. The number of rotatable bonds is 4. The third-order valence-electron chi connectivity index (χ3n) is 3.04. The molecule has 0 bridgehead atoms. The van der Waals surface area contributed by atoms with E-state index in [2.05, 4.69) is 9.97 Å². The van der Waals surface area contributed by atoms with Crippen LogP contribution in [0.25, 0.3) is 11.0 Å². The lowest BCUT2D eigenvalue weighted by molar-refractivity contribution is 0.0699. The first-order chi connectivity index (χ1) is 9.25. The van der Waals surface area contributed by atoms with Gasteiger partial charge in [0.2, 0.25) is 0 Å². The highest BCUT2D eigenvalue weighted by molar-refractivity contribution is 6.00. The zero-order valence-electron chi connectivity index (χ0n) is 10.1. The van der Waals surface area contributed by atoms with Crippen LogP contribution in [0.4, 0.5) is 0 Å². The predicted octanol–water partition coefficient (Wildman–Crippen LogP) is 1.63. The second kappa shape index (κ2) is 4.56. The van der Waals surface area contributed by atoms with Crippen LogP contribution in [0.15, 0.2) is 43.2 Å². The lowest BCUT2D eigenvalue weighted by Crippen LogP contribution is -2.05. The molecular formula is C13H12N4O2. The molecule has 3 aromatic rings. The Morgan fingerprint density at radius 3 is 2.89 bits per heavy atom. The molecule has 6 heteroatoms. The molecule has 96 valence electrons. The van der Waals surface area contributed by atoms with Gasteiger partial charge in [-0.05, 0) is 12.1 Å². The Morgan fingerprint density at radius 1 is 1.26 bits per heavy atom. The van der Waals surface area contributed by atoms with Crippen molar-refractivity contribution in [1.29, 1.82) is 0 Å². The van der Waals surface area contributed by atoms with Crippen molar-refractivity contribution in [3.8, 4) is 0 Å². The molecule has 19 heavy (non-hydrogen) atoms. The Kier molecular flexibility index (Phi) is 2.75. The molecule has 0 atom stereocenters. The molecule has 0 fully saturated rings. The van der Waals surface area contributed by atoms with Gasteiger partial charge in [0.25, 0.3) is 0 Å². The Morgan fingerprint density at radius 2 is 2.16 bits per heavy atom.